The Balaban J connectivity index is 1.33. The molecule has 0 unspecified atom stereocenters. The van der Waals surface area contributed by atoms with E-state index in [0.717, 1.165) is 32.5 Å². The number of anilines is 1. The first kappa shape index (κ1) is 16.9. The van der Waals surface area contributed by atoms with Gasteiger partial charge in [-0.3, -0.25) is 4.79 Å². The van der Waals surface area contributed by atoms with Crippen LogP contribution in [-0.2, 0) is 17.8 Å². The Morgan fingerprint density at radius 3 is 3.00 bits per heavy atom. The van der Waals surface area contributed by atoms with Crippen LogP contribution < -0.4 is 20.5 Å². The van der Waals surface area contributed by atoms with Gasteiger partial charge in [0.15, 0.2) is 16.6 Å². The van der Waals surface area contributed by atoms with Gasteiger partial charge < -0.3 is 20.5 Å². The molecule has 0 fully saturated rings. The molecule has 0 radical (unpaired) electrons. The fourth-order valence-corrected chi connectivity index (χ4v) is 4.36. The minimum Gasteiger partial charge on any atom is -0.454 e. The number of thiazole rings is 1. The Bertz CT molecular complexity index is 922. The van der Waals surface area contributed by atoms with E-state index in [4.69, 9.17) is 15.2 Å². The number of ether oxygens (including phenoxy) is 2. The van der Waals surface area contributed by atoms with Crippen molar-refractivity contribution in [1.82, 2.24) is 10.3 Å². The van der Waals surface area contributed by atoms with Gasteiger partial charge in [-0.2, -0.15) is 0 Å². The molecule has 1 aliphatic rings. The van der Waals surface area contributed by atoms with E-state index in [1.165, 1.54) is 11.3 Å². The van der Waals surface area contributed by atoms with Gasteiger partial charge >= 0.3 is 0 Å². The number of aryl methyl sites for hydroxylation is 1. The molecule has 6 nitrogen and oxygen atoms in total. The summed E-state index contributed by atoms with van der Waals surface area (Å²) in [6.45, 7) is 0.702. The fourth-order valence-electron chi connectivity index (χ4n) is 2.71. The van der Waals surface area contributed by atoms with Gasteiger partial charge in [-0.1, -0.05) is 12.1 Å². The van der Waals surface area contributed by atoms with E-state index in [1.807, 2.05) is 35.7 Å². The lowest BCUT2D eigenvalue weighted by Crippen LogP contribution is -2.22. The highest BCUT2D eigenvalue weighted by Gasteiger charge is 2.15. The Morgan fingerprint density at radius 1 is 1.27 bits per heavy atom. The smallest absolute Gasteiger partial charge is 0.231 e. The molecule has 3 N–H and O–H groups in total. The summed E-state index contributed by atoms with van der Waals surface area (Å²) in [6.07, 6.45) is 1.01. The second-order valence-electron chi connectivity index (χ2n) is 5.77. The molecule has 0 atom stereocenters. The lowest BCUT2D eigenvalue weighted by atomic mass is 10.2. The maximum absolute atomic E-state index is 12.2. The zero-order valence-corrected chi connectivity index (χ0v) is 15.5. The molecule has 26 heavy (non-hydrogen) atoms. The first-order chi connectivity index (χ1) is 12.7. The molecule has 0 spiro atoms. The molecular weight excluding hydrogens is 370 g/mol. The predicted molar refractivity (Wildman–Crippen MR) is 103 cm³/mol. The molecule has 0 saturated carbocycles. The summed E-state index contributed by atoms with van der Waals surface area (Å²) in [7, 11) is 0. The van der Waals surface area contributed by atoms with Gasteiger partial charge in [0.05, 0.1) is 10.6 Å². The average Bonchev–Trinajstić information content (AvgIpc) is 3.37. The molecular formula is C18H17N3O3S2. The van der Waals surface area contributed by atoms with Crippen LogP contribution in [0.5, 0.6) is 11.5 Å². The Morgan fingerprint density at radius 2 is 2.15 bits per heavy atom. The molecule has 4 rings (SSSR count). The summed E-state index contributed by atoms with van der Waals surface area (Å²) in [6, 6.07) is 9.67. The molecule has 1 aromatic carbocycles. The van der Waals surface area contributed by atoms with Gasteiger partial charge in [0.2, 0.25) is 12.7 Å². The van der Waals surface area contributed by atoms with E-state index >= 15 is 0 Å². The van der Waals surface area contributed by atoms with Crippen LogP contribution in [0.25, 0.3) is 10.6 Å². The van der Waals surface area contributed by atoms with Crippen LogP contribution in [0.3, 0.4) is 0 Å². The van der Waals surface area contributed by atoms with Crippen molar-refractivity contribution in [2.45, 2.75) is 19.4 Å². The summed E-state index contributed by atoms with van der Waals surface area (Å²) < 4.78 is 10.6. The zero-order chi connectivity index (χ0) is 17.9. The second-order valence-corrected chi connectivity index (χ2v) is 7.83. The number of nitrogen functional groups attached to an aromatic ring is 1. The monoisotopic (exact) mass is 387 g/mol. The molecule has 1 aliphatic heterocycles. The number of nitrogens with one attached hydrogen (secondary N) is 1. The predicted octanol–water partition coefficient (Wildman–Crippen LogP) is 3.43. The molecule has 0 aliphatic carbocycles. The SMILES string of the molecule is Nc1nc(-c2cccs2)c(CCC(=O)NCc2ccc3c(c2)OCO3)s1. The van der Waals surface area contributed by atoms with E-state index < -0.39 is 0 Å². The van der Waals surface area contributed by atoms with Crippen molar-refractivity contribution in [2.75, 3.05) is 12.5 Å². The van der Waals surface area contributed by atoms with Crippen LogP contribution in [0.1, 0.15) is 16.9 Å². The third kappa shape index (κ3) is 3.66. The highest BCUT2D eigenvalue weighted by molar-refractivity contribution is 7.17. The molecule has 8 heteroatoms. The van der Waals surface area contributed by atoms with Crippen molar-refractivity contribution < 1.29 is 14.3 Å². The van der Waals surface area contributed by atoms with E-state index in [9.17, 15) is 4.79 Å². The van der Waals surface area contributed by atoms with Crippen molar-refractivity contribution in [1.29, 1.82) is 0 Å². The van der Waals surface area contributed by atoms with Gasteiger partial charge in [0.1, 0.15) is 0 Å². The number of thiophene rings is 1. The van der Waals surface area contributed by atoms with Crippen molar-refractivity contribution in [3.8, 4) is 22.1 Å². The largest absolute Gasteiger partial charge is 0.454 e. The normalized spacial score (nSPS) is 12.3. The zero-order valence-electron chi connectivity index (χ0n) is 13.9. The maximum atomic E-state index is 12.2. The number of fused-ring (bicyclic) bond motifs is 1. The van der Waals surface area contributed by atoms with Gasteiger partial charge in [-0.05, 0) is 35.6 Å². The molecule has 0 bridgehead atoms. The number of nitrogens with zero attached hydrogens (tertiary/aromatic N) is 1. The number of carbonyl (C=O) groups is 1. The number of benzene rings is 1. The third-order valence-corrected chi connectivity index (χ3v) is 5.80. The summed E-state index contributed by atoms with van der Waals surface area (Å²) >= 11 is 3.07. The Labute approximate surface area is 158 Å². The van der Waals surface area contributed by atoms with Gasteiger partial charge in [-0.25, -0.2) is 4.98 Å². The second kappa shape index (κ2) is 7.35. The Hall–Kier alpha value is -2.58. The molecule has 1 amide bonds. The quantitative estimate of drug-likeness (QED) is 0.677. The van der Waals surface area contributed by atoms with Crippen LogP contribution in [0.2, 0.25) is 0 Å². The van der Waals surface area contributed by atoms with E-state index in [2.05, 4.69) is 10.3 Å². The van der Waals surface area contributed by atoms with Crippen molar-refractivity contribution >= 4 is 33.7 Å². The summed E-state index contributed by atoms with van der Waals surface area (Å²) in [4.78, 5) is 18.7. The first-order valence-electron chi connectivity index (χ1n) is 8.13. The highest BCUT2D eigenvalue weighted by Crippen LogP contribution is 2.34. The summed E-state index contributed by atoms with van der Waals surface area (Å²) in [5.41, 5.74) is 7.73. The van der Waals surface area contributed by atoms with Crippen molar-refractivity contribution in [3.05, 3.63) is 46.2 Å². The number of amides is 1. The van der Waals surface area contributed by atoms with Crippen LogP contribution in [0.4, 0.5) is 5.13 Å². The highest BCUT2D eigenvalue weighted by atomic mass is 32.1. The standard InChI is InChI=1S/C18H17N3O3S2/c19-18-21-17(14-2-1-7-25-14)15(26-18)5-6-16(22)20-9-11-3-4-12-13(8-11)24-10-23-12/h1-4,7-8H,5-6,9-10H2,(H2,19,21)(H,20,22). The lowest BCUT2D eigenvalue weighted by Gasteiger charge is -2.06. The molecule has 134 valence electrons. The van der Waals surface area contributed by atoms with E-state index in [-0.39, 0.29) is 12.7 Å². The van der Waals surface area contributed by atoms with Crippen LogP contribution in [-0.4, -0.2) is 17.7 Å². The van der Waals surface area contributed by atoms with Gasteiger partial charge in [0, 0.05) is 17.8 Å². The molecule has 3 aromatic rings. The average molecular weight is 387 g/mol. The molecule has 0 saturated heterocycles. The minimum atomic E-state index is -0.00762. The first-order valence-corrected chi connectivity index (χ1v) is 9.83. The number of aromatic nitrogens is 1. The molecule has 3 heterocycles. The molecule has 2 aromatic heterocycles. The third-order valence-electron chi connectivity index (χ3n) is 3.97. The number of hydrogen-bond acceptors (Lipinski definition) is 7. The summed E-state index contributed by atoms with van der Waals surface area (Å²) in [5.74, 6) is 1.45. The maximum Gasteiger partial charge on any atom is 0.231 e. The number of nitrogens with two attached hydrogens (primary N) is 1. The van der Waals surface area contributed by atoms with E-state index in [1.54, 1.807) is 11.3 Å². The van der Waals surface area contributed by atoms with E-state index in [0.29, 0.717) is 24.5 Å². The van der Waals surface area contributed by atoms with Gasteiger partial charge in [-0.15, -0.1) is 22.7 Å². The Kier molecular flexibility index (Phi) is 4.77. The van der Waals surface area contributed by atoms with Crippen LogP contribution in [0, 0.1) is 0 Å². The number of carbonyl (C=O) groups excluding carboxylic acids is 1. The fraction of sp³-hybridized carbons (Fsp3) is 0.222. The van der Waals surface area contributed by atoms with Gasteiger partial charge in [0.25, 0.3) is 0 Å². The van der Waals surface area contributed by atoms with Crippen molar-refractivity contribution in [3.63, 3.8) is 0 Å². The number of hydrogen-bond donors (Lipinski definition) is 2. The number of rotatable bonds is 6. The topological polar surface area (TPSA) is 86.5 Å². The van der Waals surface area contributed by atoms with Crippen LogP contribution in [0.15, 0.2) is 35.7 Å². The van der Waals surface area contributed by atoms with Crippen molar-refractivity contribution in [2.24, 2.45) is 0 Å². The van der Waals surface area contributed by atoms with Crippen LogP contribution >= 0.6 is 22.7 Å². The lowest BCUT2D eigenvalue weighted by molar-refractivity contribution is -0.121. The summed E-state index contributed by atoms with van der Waals surface area (Å²) in [5, 5.41) is 5.48. The minimum absolute atomic E-state index is 0.00762.